The minimum absolute atomic E-state index is 0.132. The summed E-state index contributed by atoms with van der Waals surface area (Å²) in [5, 5.41) is 0. The summed E-state index contributed by atoms with van der Waals surface area (Å²) in [6.45, 7) is 7.85. The minimum Gasteiger partial charge on any atom is -0.299 e. The molecule has 2 nitrogen and oxygen atoms in total. The smallest absolute Gasteiger partial charge is 0.137 e. The van der Waals surface area contributed by atoms with Gasteiger partial charge < -0.3 is 0 Å². The molecule has 3 heteroatoms. The van der Waals surface area contributed by atoms with E-state index in [1.165, 1.54) is 0 Å². The Kier molecular flexibility index (Phi) is 5.89. The molecule has 0 bridgehead atoms. The molecule has 0 fully saturated rings. The second kappa shape index (κ2) is 7.69. The van der Waals surface area contributed by atoms with Crippen LogP contribution in [-0.4, -0.2) is 9.99 Å². The molecule has 2 atom stereocenters. The van der Waals surface area contributed by atoms with E-state index in [0.717, 1.165) is 27.3 Å². The van der Waals surface area contributed by atoms with Gasteiger partial charge in [0.05, 0.1) is 10.8 Å². The molecule has 122 valence electrons. The Balaban J connectivity index is 2.45. The Morgan fingerprint density at radius 3 is 2.22 bits per heavy atom. The zero-order valence-corrected chi connectivity index (χ0v) is 15.0. The Morgan fingerprint density at radius 1 is 1.04 bits per heavy atom. The van der Waals surface area contributed by atoms with Crippen LogP contribution in [-0.2, 0) is 15.6 Å². The molecule has 0 amide bonds. The summed E-state index contributed by atoms with van der Waals surface area (Å²) in [6.07, 6.45) is 0.775. The van der Waals surface area contributed by atoms with Crippen molar-refractivity contribution in [2.75, 3.05) is 0 Å². The molecule has 0 radical (unpaired) electrons. The second-order valence-corrected chi connectivity index (χ2v) is 7.86. The maximum atomic E-state index is 13.0. The predicted octanol–water partition coefficient (Wildman–Crippen LogP) is 4.88. The highest BCUT2D eigenvalue weighted by atomic mass is 32.2. The number of hydrogen-bond acceptors (Lipinski definition) is 2. The van der Waals surface area contributed by atoms with Gasteiger partial charge in [-0.25, -0.2) is 4.21 Å². The zero-order chi connectivity index (χ0) is 17.0. The van der Waals surface area contributed by atoms with Crippen LogP contribution >= 0.6 is 0 Å². The summed E-state index contributed by atoms with van der Waals surface area (Å²) in [4.78, 5) is 13.7. The van der Waals surface area contributed by atoms with Gasteiger partial charge in [-0.15, -0.1) is 0 Å². The fourth-order valence-corrected chi connectivity index (χ4v) is 3.97. The molecule has 0 heterocycles. The lowest BCUT2D eigenvalue weighted by molar-refractivity contribution is -0.118. The van der Waals surface area contributed by atoms with Gasteiger partial charge in [-0.05, 0) is 49.9 Å². The normalized spacial score (nSPS) is 13.8. The van der Waals surface area contributed by atoms with Gasteiger partial charge in [-0.3, -0.25) is 4.79 Å². The number of carbonyl (C=O) groups is 1. The maximum Gasteiger partial charge on any atom is 0.137 e. The van der Waals surface area contributed by atoms with E-state index in [1.807, 2.05) is 55.5 Å². The largest absolute Gasteiger partial charge is 0.299 e. The molecule has 0 aromatic heterocycles. The number of ketones is 1. The summed E-state index contributed by atoms with van der Waals surface area (Å²) in [6, 6.07) is 15.3. The first-order chi connectivity index (χ1) is 10.9. The number of rotatable bonds is 6. The highest BCUT2D eigenvalue weighted by Gasteiger charge is 2.23. The van der Waals surface area contributed by atoms with E-state index in [4.69, 9.17) is 0 Å². The van der Waals surface area contributed by atoms with Crippen LogP contribution in [0.1, 0.15) is 44.2 Å². The van der Waals surface area contributed by atoms with Crippen molar-refractivity contribution >= 4 is 16.6 Å². The molecular formula is C20H24O2S. The predicted molar refractivity (Wildman–Crippen MR) is 95.2 cm³/mol. The van der Waals surface area contributed by atoms with Crippen LogP contribution in [0.3, 0.4) is 0 Å². The standard InChI is InChI=1S/C20H24O2S/c1-14(2)13-19(16(4)21)18-7-5-6-8-20(18)23(22)17-11-9-15(3)10-12-17/h5-12,14,19H,13H2,1-4H3/t19-,23?/m1/s1. The zero-order valence-electron chi connectivity index (χ0n) is 14.2. The fraction of sp³-hybridized carbons (Fsp3) is 0.350. The van der Waals surface area contributed by atoms with Crippen LogP contribution in [0.4, 0.5) is 0 Å². The molecule has 0 aliphatic carbocycles. The van der Waals surface area contributed by atoms with Crippen molar-refractivity contribution in [1.29, 1.82) is 0 Å². The molecule has 0 aliphatic heterocycles. The van der Waals surface area contributed by atoms with Crippen LogP contribution in [0.2, 0.25) is 0 Å². The summed E-state index contributed by atoms with van der Waals surface area (Å²) in [7, 11) is -1.27. The molecule has 2 aromatic rings. The maximum absolute atomic E-state index is 13.0. The van der Waals surface area contributed by atoms with E-state index in [9.17, 15) is 9.00 Å². The summed E-state index contributed by atoms with van der Waals surface area (Å²) >= 11 is 0. The SMILES string of the molecule is CC(=O)[C@@H](CC(C)C)c1ccccc1S(=O)c1ccc(C)cc1. The summed E-state index contributed by atoms with van der Waals surface area (Å²) < 4.78 is 13.0. The quantitative estimate of drug-likeness (QED) is 0.757. The second-order valence-electron chi connectivity index (χ2n) is 6.41. The highest BCUT2D eigenvalue weighted by Crippen LogP contribution is 2.31. The first-order valence-electron chi connectivity index (χ1n) is 7.98. The third-order valence-corrected chi connectivity index (χ3v) is 5.40. The van der Waals surface area contributed by atoms with Crippen LogP contribution in [0.15, 0.2) is 58.3 Å². The van der Waals surface area contributed by atoms with E-state index < -0.39 is 10.8 Å². The van der Waals surface area contributed by atoms with Gasteiger partial charge in [-0.1, -0.05) is 49.7 Å². The van der Waals surface area contributed by atoms with Crippen LogP contribution in [0, 0.1) is 12.8 Å². The van der Waals surface area contributed by atoms with Gasteiger partial charge in [0.15, 0.2) is 0 Å². The third-order valence-electron chi connectivity index (χ3n) is 3.93. The van der Waals surface area contributed by atoms with E-state index in [-0.39, 0.29) is 11.7 Å². The van der Waals surface area contributed by atoms with E-state index in [0.29, 0.717) is 5.92 Å². The number of carbonyl (C=O) groups excluding carboxylic acids is 1. The Hall–Kier alpha value is -1.74. The highest BCUT2D eigenvalue weighted by molar-refractivity contribution is 7.85. The summed E-state index contributed by atoms with van der Waals surface area (Å²) in [5.41, 5.74) is 2.04. The van der Waals surface area contributed by atoms with Crippen molar-refractivity contribution in [2.45, 2.75) is 49.8 Å². The molecule has 0 aliphatic rings. The monoisotopic (exact) mass is 328 g/mol. The van der Waals surface area contributed by atoms with Gasteiger partial charge in [-0.2, -0.15) is 0 Å². The van der Waals surface area contributed by atoms with Crippen molar-refractivity contribution in [3.8, 4) is 0 Å². The molecule has 2 aromatic carbocycles. The van der Waals surface area contributed by atoms with Crippen LogP contribution in [0.25, 0.3) is 0 Å². The Bertz CT molecular complexity index is 702. The topological polar surface area (TPSA) is 34.1 Å². The van der Waals surface area contributed by atoms with Gasteiger partial charge >= 0.3 is 0 Å². The lowest BCUT2D eigenvalue weighted by Crippen LogP contribution is -2.14. The summed E-state index contributed by atoms with van der Waals surface area (Å²) in [5.74, 6) is 0.345. The van der Waals surface area contributed by atoms with Crippen molar-refractivity contribution < 1.29 is 9.00 Å². The Labute approximate surface area is 141 Å². The lowest BCUT2D eigenvalue weighted by Gasteiger charge is -2.19. The van der Waals surface area contributed by atoms with Gasteiger partial charge in [0, 0.05) is 15.7 Å². The van der Waals surface area contributed by atoms with Crippen molar-refractivity contribution in [3.05, 3.63) is 59.7 Å². The van der Waals surface area contributed by atoms with Crippen molar-refractivity contribution in [3.63, 3.8) is 0 Å². The van der Waals surface area contributed by atoms with Crippen molar-refractivity contribution in [2.24, 2.45) is 5.92 Å². The van der Waals surface area contributed by atoms with Gasteiger partial charge in [0.25, 0.3) is 0 Å². The van der Waals surface area contributed by atoms with Gasteiger partial charge in [0.2, 0.25) is 0 Å². The molecule has 0 saturated carbocycles. The first-order valence-corrected chi connectivity index (χ1v) is 9.13. The third kappa shape index (κ3) is 4.38. The van der Waals surface area contributed by atoms with E-state index >= 15 is 0 Å². The van der Waals surface area contributed by atoms with Crippen LogP contribution in [0.5, 0.6) is 0 Å². The molecule has 0 spiro atoms. The van der Waals surface area contributed by atoms with Crippen LogP contribution < -0.4 is 0 Å². The number of Topliss-reactive ketones (excluding diaryl/α,β-unsaturated/α-hetero) is 1. The molecule has 2 rings (SSSR count). The Morgan fingerprint density at radius 2 is 1.65 bits per heavy atom. The molecule has 0 N–H and O–H groups in total. The average Bonchev–Trinajstić information content (AvgIpc) is 2.52. The molecular weight excluding hydrogens is 304 g/mol. The number of benzene rings is 2. The van der Waals surface area contributed by atoms with Crippen molar-refractivity contribution in [1.82, 2.24) is 0 Å². The number of hydrogen-bond donors (Lipinski definition) is 0. The van der Waals surface area contributed by atoms with E-state index in [1.54, 1.807) is 6.92 Å². The average molecular weight is 328 g/mol. The molecule has 0 saturated heterocycles. The number of aryl methyl sites for hydroxylation is 1. The fourth-order valence-electron chi connectivity index (χ4n) is 2.71. The molecule has 23 heavy (non-hydrogen) atoms. The first kappa shape index (κ1) is 17.6. The lowest BCUT2D eigenvalue weighted by atomic mass is 9.87. The molecule has 1 unspecified atom stereocenters. The van der Waals surface area contributed by atoms with E-state index in [2.05, 4.69) is 13.8 Å². The van der Waals surface area contributed by atoms with Gasteiger partial charge in [0.1, 0.15) is 5.78 Å². The minimum atomic E-state index is -1.27.